The molecule has 152 valence electrons. The molecular weight excluding hydrogens is 382 g/mol. The highest BCUT2D eigenvalue weighted by atomic mass is 16.5. The van der Waals surface area contributed by atoms with Crippen molar-refractivity contribution < 1.29 is 9.84 Å². The smallest absolute Gasteiger partial charge is 0.137 e. The molecule has 4 aromatic heterocycles. The summed E-state index contributed by atoms with van der Waals surface area (Å²) in [5.74, 6) is 0. The Labute approximate surface area is 172 Å². The first-order valence-corrected chi connectivity index (χ1v) is 9.74. The number of nitrogens with one attached hydrogen (secondary N) is 1. The molecule has 9 heteroatoms. The predicted octanol–water partition coefficient (Wildman–Crippen LogP) is 2.50. The summed E-state index contributed by atoms with van der Waals surface area (Å²) in [6, 6.07) is 6.30. The van der Waals surface area contributed by atoms with Crippen LogP contribution in [0.25, 0.3) is 28.0 Å². The monoisotopic (exact) mass is 403 g/mol. The molecule has 1 aliphatic carbocycles. The SMILES string of the molecule is CO[C@H]1C[C@](CC#N)(n2cc(-c3cc(-c4c[nH]nc4CO)cc4nccn34)cn2)C1. The van der Waals surface area contributed by atoms with Gasteiger partial charge in [-0.25, -0.2) is 4.98 Å². The van der Waals surface area contributed by atoms with Gasteiger partial charge in [0.05, 0.1) is 48.3 Å². The average molecular weight is 403 g/mol. The number of rotatable bonds is 6. The Morgan fingerprint density at radius 3 is 3.00 bits per heavy atom. The molecule has 0 saturated heterocycles. The molecule has 4 heterocycles. The molecular formula is C21H21N7O2. The highest BCUT2D eigenvalue weighted by Crippen LogP contribution is 2.44. The molecule has 5 rings (SSSR count). The maximum Gasteiger partial charge on any atom is 0.137 e. The molecule has 1 aliphatic rings. The minimum absolute atomic E-state index is 0.150. The number of methoxy groups -OCH3 is 1. The number of pyridine rings is 1. The number of aromatic amines is 1. The molecule has 4 aromatic rings. The van der Waals surface area contributed by atoms with E-state index in [-0.39, 0.29) is 18.2 Å². The Morgan fingerprint density at radius 2 is 2.23 bits per heavy atom. The Kier molecular flexibility index (Phi) is 4.38. The Hall–Kier alpha value is -3.48. The highest BCUT2D eigenvalue weighted by Gasteiger charge is 2.46. The molecule has 30 heavy (non-hydrogen) atoms. The lowest BCUT2D eigenvalue weighted by molar-refractivity contribution is -0.0542. The minimum atomic E-state index is -0.325. The minimum Gasteiger partial charge on any atom is -0.390 e. The molecule has 9 nitrogen and oxygen atoms in total. The van der Waals surface area contributed by atoms with E-state index < -0.39 is 0 Å². The van der Waals surface area contributed by atoms with Crippen molar-refractivity contribution in [2.45, 2.75) is 37.5 Å². The number of hydrogen-bond donors (Lipinski definition) is 2. The molecule has 1 saturated carbocycles. The number of aliphatic hydroxyl groups excluding tert-OH is 1. The lowest BCUT2D eigenvalue weighted by atomic mass is 9.72. The topological polar surface area (TPSA) is 117 Å². The van der Waals surface area contributed by atoms with E-state index in [9.17, 15) is 10.4 Å². The zero-order valence-corrected chi connectivity index (χ0v) is 16.5. The van der Waals surface area contributed by atoms with Gasteiger partial charge in [0.15, 0.2) is 0 Å². The van der Waals surface area contributed by atoms with Gasteiger partial charge >= 0.3 is 0 Å². The van der Waals surface area contributed by atoms with E-state index in [1.165, 1.54) is 0 Å². The van der Waals surface area contributed by atoms with Crippen LogP contribution in [0.1, 0.15) is 25.0 Å². The van der Waals surface area contributed by atoms with Gasteiger partial charge < -0.3 is 9.84 Å². The summed E-state index contributed by atoms with van der Waals surface area (Å²) < 4.78 is 9.34. The standard InChI is InChI=1S/C21H21N7O2/c1-30-16-8-21(9-16,2-3-22)28-12-15(10-25-28)19-6-14(7-20-23-4-5-27(19)20)17-11-24-26-18(17)13-29/h4-7,10-12,16,29H,2,8-9,13H2,1H3,(H,24,26)/t16-,21-. The second kappa shape index (κ2) is 7.09. The second-order valence-corrected chi connectivity index (χ2v) is 7.69. The first-order valence-electron chi connectivity index (χ1n) is 9.74. The predicted molar refractivity (Wildman–Crippen MR) is 108 cm³/mol. The van der Waals surface area contributed by atoms with Gasteiger partial charge in [-0.15, -0.1) is 0 Å². The van der Waals surface area contributed by atoms with Crippen LogP contribution in [0.2, 0.25) is 0 Å². The number of hydrogen-bond acceptors (Lipinski definition) is 6. The number of aromatic nitrogens is 6. The summed E-state index contributed by atoms with van der Waals surface area (Å²) in [5, 5.41) is 30.5. The second-order valence-electron chi connectivity index (χ2n) is 7.69. The van der Waals surface area contributed by atoms with Crippen LogP contribution in [0.3, 0.4) is 0 Å². The quantitative estimate of drug-likeness (QED) is 0.511. The van der Waals surface area contributed by atoms with Crippen LogP contribution in [0, 0.1) is 11.3 Å². The molecule has 1 fully saturated rings. The largest absolute Gasteiger partial charge is 0.390 e. The summed E-state index contributed by atoms with van der Waals surface area (Å²) in [5.41, 5.74) is 4.63. The third-order valence-corrected chi connectivity index (χ3v) is 6.01. The molecule has 0 radical (unpaired) electrons. The van der Waals surface area contributed by atoms with E-state index in [0.717, 1.165) is 40.9 Å². The van der Waals surface area contributed by atoms with Crippen LogP contribution in [-0.4, -0.2) is 47.7 Å². The van der Waals surface area contributed by atoms with Gasteiger partial charge in [0.25, 0.3) is 0 Å². The summed E-state index contributed by atoms with van der Waals surface area (Å²) in [6.07, 6.45) is 11.3. The average Bonchev–Trinajstić information content (AvgIpc) is 3.49. The lowest BCUT2D eigenvalue weighted by Crippen LogP contribution is -2.50. The van der Waals surface area contributed by atoms with Gasteiger partial charge in [-0.05, 0) is 30.5 Å². The Balaban J connectivity index is 1.59. The molecule has 0 spiro atoms. The zero-order valence-electron chi connectivity index (χ0n) is 16.5. The van der Waals surface area contributed by atoms with Gasteiger partial charge in [-0.2, -0.15) is 15.5 Å². The third-order valence-electron chi connectivity index (χ3n) is 6.01. The van der Waals surface area contributed by atoms with Gasteiger partial charge in [0.2, 0.25) is 0 Å². The maximum atomic E-state index is 9.59. The number of fused-ring (bicyclic) bond motifs is 1. The third kappa shape index (κ3) is 2.81. The Morgan fingerprint density at radius 1 is 1.37 bits per heavy atom. The Bertz CT molecular complexity index is 1240. The first kappa shape index (κ1) is 18.5. The summed E-state index contributed by atoms with van der Waals surface area (Å²) in [6.45, 7) is -0.150. The normalized spacial score (nSPS) is 20.9. The van der Waals surface area contributed by atoms with E-state index in [1.807, 2.05) is 39.8 Å². The molecule has 2 N–H and O–H groups in total. The number of nitrogens with zero attached hydrogens (tertiary/aromatic N) is 6. The van der Waals surface area contributed by atoms with E-state index in [2.05, 4.69) is 26.3 Å². The maximum absolute atomic E-state index is 9.59. The van der Waals surface area contributed by atoms with Gasteiger partial charge in [0, 0.05) is 43.0 Å². The van der Waals surface area contributed by atoms with E-state index in [1.54, 1.807) is 19.5 Å². The first-order chi connectivity index (χ1) is 14.7. The van der Waals surface area contributed by atoms with Crippen molar-refractivity contribution in [3.8, 4) is 28.5 Å². The van der Waals surface area contributed by atoms with Crippen molar-refractivity contribution in [3.63, 3.8) is 0 Å². The fourth-order valence-corrected chi connectivity index (χ4v) is 4.32. The molecule has 0 bridgehead atoms. The van der Waals surface area contributed by atoms with Crippen molar-refractivity contribution in [2.75, 3.05) is 7.11 Å². The summed E-state index contributed by atoms with van der Waals surface area (Å²) >= 11 is 0. The van der Waals surface area contributed by atoms with Gasteiger partial charge in [-0.1, -0.05) is 0 Å². The van der Waals surface area contributed by atoms with Crippen LogP contribution < -0.4 is 0 Å². The summed E-state index contributed by atoms with van der Waals surface area (Å²) in [4.78, 5) is 4.45. The lowest BCUT2D eigenvalue weighted by Gasteiger charge is -2.45. The van der Waals surface area contributed by atoms with Gasteiger partial charge in [-0.3, -0.25) is 14.2 Å². The molecule has 0 aliphatic heterocycles. The van der Waals surface area contributed by atoms with E-state index in [0.29, 0.717) is 12.1 Å². The van der Waals surface area contributed by atoms with Crippen LogP contribution in [0.4, 0.5) is 0 Å². The number of aliphatic hydroxyl groups is 1. The van der Waals surface area contributed by atoms with Gasteiger partial charge in [0.1, 0.15) is 5.65 Å². The van der Waals surface area contributed by atoms with Crippen LogP contribution >= 0.6 is 0 Å². The van der Waals surface area contributed by atoms with Crippen molar-refractivity contribution in [2.24, 2.45) is 0 Å². The molecule has 0 unspecified atom stereocenters. The molecule has 0 atom stereocenters. The van der Waals surface area contributed by atoms with E-state index in [4.69, 9.17) is 4.74 Å². The van der Waals surface area contributed by atoms with Crippen molar-refractivity contribution >= 4 is 5.65 Å². The van der Waals surface area contributed by atoms with Crippen LogP contribution in [0.15, 0.2) is 43.1 Å². The van der Waals surface area contributed by atoms with Crippen LogP contribution in [0.5, 0.6) is 0 Å². The number of nitriles is 1. The fourth-order valence-electron chi connectivity index (χ4n) is 4.32. The van der Waals surface area contributed by atoms with Crippen molar-refractivity contribution in [1.29, 1.82) is 5.26 Å². The number of imidazole rings is 1. The van der Waals surface area contributed by atoms with E-state index >= 15 is 0 Å². The van der Waals surface area contributed by atoms with Crippen molar-refractivity contribution in [3.05, 3.63) is 48.8 Å². The molecule has 0 amide bonds. The molecule has 0 aromatic carbocycles. The van der Waals surface area contributed by atoms with Crippen LogP contribution in [-0.2, 0) is 16.9 Å². The fraction of sp³-hybridized carbons (Fsp3) is 0.333. The van der Waals surface area contributed by atoms with Crippen molar-refractivity contribution in [1.82, 2.24) is 29.4 Å². The summed E-state index contributed by atoms with van der Waals surface area (Å²) in [7, 11) is 1.70. The highest BCUT2D eigenvalue weighted by molar-refractivity contribution is 5.75. The number of H-pyrrole nitrogens is 1. The zero-order chi connectivity index (χ0) is 20.7. The number of ether oxygens (including phenoxy) is 1.